The second-order valence-electron chi connectivity index (χ2n) is 4.54. The lowest BCUT2D eigenvalue weighted by atomic mass is 10.1. The molecule has 0 amide bonds. The number of unbranched alkanes of at least 4 members (excludes halogenated alkanes) is 3. The molecule has 0 radical (unpaired) electrons. The van der Waals surface area contributed by atoms with Crippen molar-refractivity contribution in [1.82, 2.24) is 0 Å². The van der Waals surface area contributed by atoms with E-state index in [0.29, 0.717) is 5.75 Å². The van der Waals surface area contributed by atoms with Crippen LogP contribution < -0.4 is 0 Å². The quantitative estimate of drug-likeness (QED) is 0.760. The average Bonchev–Trinajstić information content (AvgIpc) is 2.25. The summed E-state index contributed by atoms with van der Waals surface area (Å²) >= 11 is 0. The number of aliphatic hydroxyl groups excluding tert-OH is 1. The highest BCUT2D eigenvalue weighted by Gasteiger charge is 1.93. The van der Waals surface area contributed by atoms with E-state index in [2.05, 4.69) is 6.92 Å². The Morgan fingerprint density at radius 3 is 2.29 bits per heavy atom. The van der Waals surface area contributed by atoms with Crippen LogP contribution in [-0.2, 0) is 0 Å². The van der Waals surface area contributed by atoms with E-state index in [-0.39, 0.29) is 6.10 Å². The normalized spacial score (nSPS) is 11.5. The van der Waals surface area contributed by atoms with Crippen molar-refractivity contribution in [3.63, 3.8) is 0 Å². The van der Waals surface area contributed by atoms with Gasteiger partial charge in [-0.15, -0.1) is 0 Å². The summed E-state index contributed by atoms with van der Waals surface area (Å²) in [7, 11) is 0. The predicted molar refractivity (Wildman–Crippen MR) is 73.3 cm³/mol. The van der Waals surface area contributed by atoms with Crippen LogP contribution in [0.2, 0.25) is 0 Å². The van der Waals surface area contributed by atoms with Crippen LogP contribution in [0.1, 0.15) is 51.5 Å². The summed E-state index contributed by atoms with van der Waals surface area (Å²) in [4.78, 5) is 0. The Balaban J connectivity index is 0.000000302. The number of benzene rings is 1. The molecule has 0 bridgehead atoms. The number of hydrogen-bond donors (Lipinski definition) is 2. The van der Waals surface area contributed by atoms with E-state index in [1.165, 1.54) is 25.7 Å². The lowest BCUT2D eigenvalue weighted by Crippen LogP contribution is -1.97. The molecule has 0 spiro atoms. The van der Waals surface area contributed by atoms with Crippen LogP contribution in [0.3, 0.4) is 0 Å². The molecule has 0 aromatic heterocycles. The van der Waals surface area contributed by atoms with E-state index < -0.39 is 0 Å². The monoisotopic (exact) mass is 238 g/mol. The Bertz CT molecular complexity index is 265. The SMILES string of the molecule is CCCCCCC(C)O.Cc1cccc(O)c1. The molecule has 1 unspecified atom stereocenters. The van der Waals surface area contributed by atoms with Crippen molar-refractivity contribution in [2.75, 3.05) is 0 Å². The smallest absolute Gasteiger partial charge is 0.115 e. The highest BCUT2D eigenvalue weighted by molar-refractivity contribution is 5.25. The summed E-state index contributed by atoms with van der Waals surface area (Å²) in [5.74, 6) is 0.338. The van der Waals surface area contributed by atoms with E-state index in [9.17, 15) is 0 Å². The van der Waals surface area contributed by atoms with Crippen LogP contribution in [0.15, 0.2) is 24.3 Å². The van der Waals surface area contributed by atoms with Crippen LogP contribution in [0.5, 0.6) is 5.75 Å². The lowest BCUT2D eigenvalue weighted by molar-refractivity contribution is 0.180. The highest BCUT2D eigenvalue weighted by atomic mass is 16.3. The zero-order valence-corrected chi connectivity index (χ0v) is 11.3. The van der Waals surface area contributed by atoms with Gasteiger partial charge in [-0.05, 0) is 38.0 Å². The van der Waals surface area contributed by atoms with Crippen LogP contribution in [-0.4, -0.2) is 16.3 Å². The molecule has 2 N–H and O–H groups in total. The summed E-state index contributed by atoms with van der Waals surface area (Å²) in [6.45, 7) is 5.99. The van der Waals surface area contributed by atoms with E-state index in [1.54, 1.807) is 12.1 Å². The van der Waals surface area contributed by atoms with Crippen LogP contribution in [0.4, 0.5) is 0 Å². The molecular formula is C15H26O2. The number of aromatic hydroxyl groups is 1. The average molecular weight is 238 g/mol. The molecule has 1 atom stereocenters. The summed E-state index contributed by atoms with van der Waals surface area (Å²) < 4.78 is 0. The molecule has 0 fully saturated rings. The number of hydrogen-bond acceptors (Lipinski definition) is 2. The first-order valence-electron chi connectivity index (χ1n) is 6.50. The minimum atomic E-state index is -0.0955. The standard InChI is InChI=1S/C8H18O.C7H8O/c1-3-4-5-6-7-8(2)9;1-6-3-2-4-7(8)5-6/h8-9H,3-7H2,1-2H3;2-5,8H,1H3. The molecule has 98 valence electrons. The third-order valence-corrected chi connectivity index (χ3v) is 2.48. The number of phenolic OH excluding ortho intramolecular Hbond substituents is 1. The molecule has 1 rings (SSSR count). The van der Waals surface area contributed by atoms with E-state index in [1.807, 2.05) is 26.0 Å². The number of aryl methyl sites for hydroxylation is 1. The zero-order valence-electron chi connectivity index (χ0n) is 11.3. The van der Waals surface area contributed by atoms with Crippen LogP contribution >= 0.6 is 0 Å². The van der Waals surface area contributed by atoms with E-state index in [4.69, 9.17) is 10.2 Å². The van der Waals surface area contributed by atoms with Gasteiger partial charge in [0, 0.05) is 0 Å². The van der Waals surface area contributed by atoms with Crippen molar-refractivity contribution in [2.24, 2.45) is 0 Å². The first kappa shape index (κ1) is 16.0. The summed E-state index contributed by atoms with van der Waals surface area (Å²) in [6, 6.07) is 7.15. The highest BCUT2D eigenvalue weighted by Crippen LogP contribution is 2.08. The molecule has 0 saturated heterocycles. The summed E-state index contributed by atoms with van der Waals surface area (Å²) in [6.07, 6.45) is 5.93. The Kier molecular flexibility index (Phi) is 9.55. The number of aliphatic hydroxyl groups is 1. The fraction of sp³-hybridized carbons (Fsp3) is 0.600. The van der Waals surface area contributed by atoms with Crippen molar-refractivity contribution >= 4 is 0 Å². The van der Waals surface area contributed by atoms with Gasteiger partial charge in [0.1, 0.15) is 5.75 Å². The zero-order chi connectivity index (χ0) is 13.1. The first-order valence-corrected chi connectivity index (χ1v) is 6.50. The Labute approximate surface area is 105 Å². The van der Waals surface area contributed by atoms with Gasteiger partial charge in [0.25, 0.3) is 0 Å². The Hall–Kier alpha value is -1.02. The van der Waals surface area contributed by atoms with Gasteiger partial charge in [0.05, 0.1) is 6.10 Å². The van der Waals surface area contributed by atoms with Crippen molar-refractivity contribution < 1.29 is 10.2 Å². The molecule has 1 aromatic carbocycles. The Morgan fingerprint density at radius 1 is 1.18 bits per heavy atom. The fourth-order valence-electron chi connectivity index (χ4n) is 1.49. The molecular weight excluding hydrogens is 212 g/mol. The molecule has 0 aliphatic carbocycles. The third kappa shape index (κ3) is 11.2. The second kappa shape index (κ2) is 10.2. The predicted octanol–water partition coefficient (Wildman–Crippen LogP) is 4.04. The largest absolute Gasteiger partial charge is 0.508 e. The van der Waals surface area contributed by atoms with Gasteiger partial charge in [-0.2, -0.15) is 0 Å². The Morgan fingerprint density at radius 2 is 1.88 bits per heavy atom. The maximum Gasteiger partial charge on any atom is 0.115 e. The van der Waals surface area contributed by atoms with Gasteiger partial charge in [0.15, 0.2) is 0 Å². The van der Waals surface area contributed by atoms with Gasteiger partial charge in [0.2, 0.25) is 0 Å². The third-order valence-electron chi connectivity index (χ3n) is 2.48. The lowest BCUT2D eigenvalue weighted by Gasteiger charge is -2.01. The molecule has 1 aromatic rings. The van der Waals surface area contributed by atoms with E-state index >= 15 is 0 Å². The van der Waals surface area contributed by atoms with Crippen molar-refractivity contribution in [3.8, 4) is 5.75 Å². The molecule has 17 heavy (non-hydrogen) atoms. The van der Waals surface area contributed by atoms with Crippen molar-refractivity contribution in [2.45, 2.75) is 59.0 Å². The van der Waals surface area contributed by atoms with Crippen LogP contribution in [0, 0.1) is 6.92 Å². The van der Waals surface area contributed by atoms with Crippen molar-refractivity contribution in [1.29, 1.82) is 0 Å². The first-order chi connectivity index (χ1) is 8.06. The molecule has 0 aliphatic rings. The molecule has 2 heteroatoms. The second-order valence-corrected chi connectivity index (χ2v) is 4.54. The van der Waals surface area contributed by atoms with Gasteiger partial charge in [-0.3, -0.25) is 0 Å². The topological polar surface area (TPSA) is 40.5 Å². The summed E-state index contributed by atoms with van der Waals surface area (Å²) in [5.41, 5.74) is 1.09. The van der Waals surface area contributed by atoms with Crippen LogP contribution in [0.25, 0.3) is 0 Å². The maximum atomic E-state index is 8.85. The molecule has 2 nitrogen and oxygen atoms in total. The minimum absolute atomic E-state index is 0.0955. The number of rotatable bonds is 5. The molecule has 0 aliphatic heterocycles. The van der Waals surface area contributed by atoms with Gasteiger partial charge >= 0.3 is 0 Å². The fourth-order valence-corrected chi connectivity index (χ4v) is 1.49. The number of phenols is 1. The maximum absolute atomic E-state index is 8.85. The van der Waals surface area contributed by atoms with Gasteiger partial charge in [-0.25, -0.2) is 0 Å². The molecule has 0 saturated carbocycles. The van der Waals surface area contributed by atoms with Crippen molar-refractivity contribution in [3.05, 3.63) is 29.8 Å². The molecule has 0 heterocycles. The van der Waals surface area contributed by atoms with E-state index in [0.717, 1.165) is 12.0 Å². The van der Waals surface area contributed by atoms with Gasteiger partial charge < -0.3 is 10.2 Å². The van der Waals surface area contributed by atoms with Gasteiger partial charge in [-0.1, -0.05) is 44.7 Å². The summed E-state index contributed by atoms with van der Waals surface area (Å²) in [5, 5.41) is 17.7. The minimum Gasteiger partial charge on any atom is -0.508 e.